The second-order valence-electron chi connectivity index (χ2n) is 5.23. The third kappa shape index (κ3) is 4.56. The third-order valence-electron chi connectivity index (χ3n) is 3.68. The number of nitrogens with zero attached hydrogens (tertiary/aromatic N) is 1. The highest BCUT2D eigenvalue weighted by Crippen LogP contribution is 2.18. The summed E-state index contributed by atoms with van der Waals surface area (Å²) >= 11 is 0. The zero-order chi connectivity index (χ0) is 15.1. The van der Waals surface area contributed by atoms with Gasteiger partial charge >= 0.3 is 5.97 Å². The van der Waals surface area contributed by atoms with Crippen LogP contribution in [0.5, 0.6) is 0 Å². The van der Waals surface area contributed by atoms with Crippen molar-refractivity contribution < 1.29 is 19.4 Å². The van der Waals surface area contributed by atoms with Gasteiger partial charge in [0.2, 0.25) is 5.91 Å². The lowest BCUT2D eigenvalue weighted by atomic mass is 10.0. The minimum Gasteiger partial charge on any atom is -0.480 e. The summed E-state index contributed by atoms with van der Waals surface area (Å²) in [5.41, 5.74) is 1.06. The van der Waals surface area contributed by atoms with Gasteiger partial charge in [0.15, 0.2) is 0 Å². The van der Waals surface area contributed by atoms with Crippen molar-refractivity contribution in [3.8, 4) is 0 Å². The summed E-state index contributed by atoms with van der Waals surface area (Å²) < 4.78 is 5.48. The number of ether oxygens (including phenoxy) is 1. The molecule has 2 rings (SSSR count). The van der Waals surface area contributed by atoms with E-state index in [4.69, 9.17) is 9.84 Å². The number of hydrogen-bond acceptors (Lipinski definition) is 3. The SMILES string of the molecule is O=C(O)[C@@H]1CCCCN1C(=O)CCOCc1ccccc1. The van der Waals surface area contributed by atoms with Crippen LogP contribution in [0, 0.1) is 0 Å². The molecule has 0 spiro atoms. The molecule has 21 heavy (non-hydrogen) atoms. The Bertz CT molecular complexity index is 474. The Labute approximate surface area is 124 Å². The quantitative estimate of drug-likeness (QED) is 0.815. The van der Waals surface area contributed by atoms with E-state index < -0.39 is 12.0 Å². The smallest absolute Gasteiger partial charge is 0.326 e. The summed E-state index contributed by atoms with van der Waals surface area (Å²) in [7, 11) is 0. The van der Waals surface area contributed by atoms with Crippen molar-refractivity contribution in [1.82, 2.24) is 4.90 Å². The molecule has 1 aliphatic heterocycles. The van der Waals surface area contributed by atoms with Crippen LogP contribution in [-0.4, -0.2) is 41.1 Å². The molecule has 1 amide bonds. The van der Waals surface area contributed by atoms with Crippen molar-refractivity contribution in [3.05, 3.63) is 35.9 Å². The van der Waals surface area contributed by atoms with Gasteiger partial charge in [0.05, 0.1) is 19.6 Å². The summed E-state index contributed by atoms with van der Waals surface area (Å²) in [5.74, 6) is -1.04. The number of carbonyl (C=O) groups is 2. The highest BCUT2D eigenvalue weighted by molar-refractivity contribution is 5.83. The minimum atomic E-state index is -0.909. The zero-order valence-electron chi connectivity index (χ0n) is 12.0. The fourth-order valence-corrected chi connectivity index (χ4v) is 2.55. The summed E-state index contributed by atoms with van der Waals surface area (Å²) in [4.78, 5) is 24.7. The molecule has 0 aliphatic carbocycles. The van der Waals surface area contributed by atoms with Crippen molar-refractivity contribution in [2.45, 2.75) is 38.3 Å². The van der Waals surface area contributed by atoms with Gasteiger partial charge in [-0.15, -0.1) is 0 Å². The first kappa shape index (κ1) is 15.5. The number of benzene rings is 1. The third-order valence-corrected chi connectivity index (χ3v) is 3.68. The molecule has 1 aliphatic rings. The van der Waals surface area contributed by atoms with Crippen LogP contribution in [-0.2, 0) is 20.9 Å². The molecule has 0 unspecified atom stereocenters. The van der Waals surface area contributed by atoms with E-state index in [1.165, 1.54) is 4.90 Å². The molecule has 5 nitrogen and oxygen atoms in total. The standard InChI is InChI=1S/C16H21NO4/c18-15(17-10-5-4-8-14(17)16(19)20)9-11-21-12-13-6-2-1-3-7-13/h1-3,6-7,14H,4-5,8-12H2,(H,19,20)/t14-/m0/s1. The second-order valence-corrected chi connectivity index (χ2v) is 5.23. The summed E-state index contributed by atoms with van der Waals surface area (Å²) in [6.07, 6.45) is 2.52. The number of amides is 1. The van der Waals surface area contributed by atoms with Crippen molar-refractivity contribution in [3.63, 3.8) is 0 Å². The number of carboxylic acids is 1. The summed E-state index contributed by atoms with van der Waals surface area (Å²) in [5, 5.41) is 9.15. The first-order valence-corrected chi connectivity index (χ1v) is 7.32. The molecule has 1 atom stereocenters. The maximum atomic E-state index is 12.1. The highest BCUT2D eigenvalue weighted by atomic mass is 16.5. The maximum Gasteiger partial charge on any atom is 0.326 e. The molecule has 0 saturated carbocycles. The van der Waals surface area contributed by atoms with Gasteiger partial charge in [0.25, 0.3) is 0 Å². The monoisotopic (exact) mass is 291 g/mol. The molecule has 1 aromatic rings. The molecule has 114 valence electrons. The lowest BCUT2D eigenvalue weighted by molar-refractivity contribution is -0.152. The number of carboxylic acid groups (broad SMARTS) is 1. The largest absolute Gasteiger partial charge is 0.480 e. The molecule has 0 bridgehead atoms. The lowest BCUT2D eigenvalue weighted by Crippen LogP contribution is -2.48. The normalized spacial score (nSPS) is 18.5. The van der Waals surface area contributed by atoms with Crippen molar-refractivity contribution in [2.24, 2.45) is 0 Å². The molecule has 1 N–H and O–H groups in total. The Morgan fingerprint density at radius 3 is 2.71 bits per heavy atom. The van der Waals surface area contributed by atoms with E-state index in [1.54, 1.807) is 0 Å². The molecular formula is C16H21NO4. The molecule has 1 heterocycles. The van der Waals surface area contributed by atoms with Gasteiger partial charge in [-0.05, 0) is 24.8 Å². The van der Waals surface area contributed by atoms with Crippen molar-refractivity contribution in [2.75, 3.05) is 13.2 Å². The minimum absolute atomic E-state index is 0.129. The first-order chi connectivity index (χ1) is 10.2. The fraction of sp³-hybridized carbons (Fsp3) is 0.500. The Morgan fingerprint density at radius 2 is 2.00 bits per heavy atom. The summed E-state index contributed by atoms with van der Waals surface area (Å²) in [6, 6.07) is 9.08. The number of hydrogen-bond donors (Lipinski definition) is 1. The van der Waals surface area contributed by atoms with E-state index >= 15 is 0 Å². The average molecular weight is 291 g/mol. The molecular weight excluding hydrogens is 270 g/mol. The van der Waals surface area contributed by atoms with Crippen LogP contribution in [0.15, 0.2) is 30.3 Å². The Balaban J connectivity index is 1.74. The molecule has 0 radical (unpaired) electrons. The molecule has 1 aromatic carbocycles. The number of aliphatic carboxylic acids is 1. The van der Waals surface area contributed by atoms with Gasteiger partial charge in [0, 0.05) is 6.54 Å². The van der Waals surface area contributed by atoms with E-state index in [1.807, 2.05) is 30.3 Å². The van der Waals surface area contributed by atoms with E-state index in [0.717, 1.165) is 18.4 Å². The number of rotatable bonds is 6. The number of likely N-dealkylation sites (tertiary alicyclic amines) is 1. The van der Waals surface area contributed by atoms with Crippen molar-refractivity contribution >= 4 is 11.9 Å². The first-order valence-electron chi connectivity index (χ1n) is 7.32. The topological polar surface area (TPSA) is 66.8 Å². The van der Waals surface area contributed by atoms with E-state index in [-0.39, 0.29) is 12.3 Å². The highest BCUT2D eigenvalue weighted by Gasteiger charge is 2.31. The molecule has 0 aromatic heterocycles. The Morgan fingerprint density at radius 1 is 1.24 bits per heavy atom. The molecule has 5 heteroatoms. The van der Waals surface area contributed by atoms with Gasteiger partial charge in [-0.1, -0.05) is 30.3 Å². The van der Waals surface area contributed by atoms with E-state index in [9.17, 15) is 9.59 Å². The van der Waals surface area contributed by atoms with E-state index in [2.05, 4.69) is 0 Å². The fourth-order valence-electron chi connectivity index (χ4n) is 2.55. The van der Waals surface area contributed by atoms with Gasteiger partial charge < -0.3 is 14.7 Å². The summed E-state index contributed by atoms with van der Waals surface area (Å²) in [6.45, 7) is 1.32. The molecule has 1 fully saturated rings. The van der Waals surface area contributed by atoms with Crippen LogP contribution in [0.2, 0.25) is 0 Å². The van der Waals surface area contributed by atoms with Crippen LogP contribution in [0.1, 0.15) is 31.2 Å². The van der Waals surface area contributed by atoms with Gasteiger partial charge in [-0.2, -0.15) is 0 Å². The number of carbonyl (C=O) groups excluding carboxylic acids is 1. The van der Waals surface area contributed by atoms with Crippen LogP contribution in [0.3, 0.4) is 0 Å². The van der Waals surface area contributed by atoms with Gasteiger partial charge in [-0.25, -0.2) is 4.79 Å². The van der Waals surface area contributed by atoms with Crippen LogP contribution >= 0.6 is 0 Å². The van der Waals surface area contributed by atoms with Crippen LogP contribution < -0.4 is 0 Å². The van der Waals surface area contributed by atoms with Gasteiger partial charge in [-0.3, -0.25) is 4.79 Å². The van der Waals surface area contributed by atoms with E-state index in [0.29, 0.717) is 26.2 Å². The second kappa shape index (κ2) is 7.78. The predicted octanol–water partition coefficient (Wildman–Crippen LogP) is 2.06. The lowest BCUT2D eigenvalue weighted by Gasteiger charge is -2.33. The number of piperidine rings is 1. The Kier molecular flexibility index (Phi) is 5.75. The average Bonchev–Trinajstić information content (AvgIpc) is 2.52. The Hall–Kier alpha value is -1.88. The maximum absolute atomic E-state index is 12.1. The van der Waals surface area contributed by atoms with Gasteiger partial charge in [0.1, 0.15) is 6.04 Å². The zero-order valence-corrected chi connectivity index (χ0v) is 12.0. The van der Waals surface area contributed by atoms with Crippen LogP contribution in [0.25, 0.3) is 0 Å². The van der Waals surface area contributed by atoms with Crippen LogP contribution in [0.4, 0.5) is 0 Å². The molecule has 1 saturated heterocycles. The van der Waals surface area contributed by atoms with Crippen molar-refractivity contribution in [1.29, 1.82) is 0 Å². The predicted molar refractivity (Wildman–Crippen MR) is 77.7 cm³/mol.